The summed E-state index contributed by atoms with van der Waals surface area (Å²) in [6.07, 6.45) is 4.24. The Kier molecular flexibility index (Phi) is 2.18. The lowest BCUT2D eigenvalue weighted by molar-refractivity contribution is 0.212. The van der Waals surface area contributed by atoms with Gasteiger partial charge in [-0.15, -0.1) is 0 Å². The largest absolute Gasteiger partial charge is 0.310 e. The van der Waals surface area contributed by atoms with Gasteiger partial charge in [0.15, 0.2) is 0 Å². The molecule has 2 aliphatic rings. The molecule has 0 bridgehead atoms. The Morgan fingerprint density at radius 1 is 1.31 bits per heavy atom. The molecular weight excluding hydrogens is 158 g/mol. The molecule has 1 nitrogen and oxygen atoms in total. The maximum Gasteiger partial charge on any atom is 0.0132 e. The molecule has 76 valence electrons. The smallest absolute Gasteiger partial charge is 0.0132 e. The van der Waals surface area contributed by atoms with Crippen LogP contribution in [0.15, 0.2) is 0 Å². The topological polar surface area (TPSA) is 12.0 Å². The minimum atomic E-state index is 0.606. The number of nitrogens with one attached hydrogen (secondary N) is 1. The van der Waals surface area contributed by atoms with Crippen molar-refractivity contribution in [3.63, 3.8) is 0 Å². The van der Waals surface area contributed by atoms with Crippen molar-refractivity contribution in [2.75, 3.05) is 0 Å². The quantitative estimate of drug-likeness (QED) is 0.706. The van der Waals surface area contributed by atoms with Gasteiger partial charge in [0.25, 0.3) is 0 Å². The van der Waals surface area contributed by atoms with E-state index in [4.69, 9.17) is 0 Å². The molecule has 0 heterocycles. The molecule has 0 saturated heterocycles. The second-order valence-corrected chi connectivity index (χ2v) is 5.75. The van der Waals surface area contributed by atoms with Crippen LogP contribution in [0, 0.1) is 17.3 Å². The Labute approximate surface area is 82.3 Å². The third-order valence-electron chi connectivity index (χ3n) is 4.63. The molecule has 1 heteroatoms. The summed E-state index contributed by atoms with van der Waals surface area (Å²) in [6, 6.07) is 1.66. The molecular formula is C12H23N. The predicted octanol–water partition coefficient (Wildman–Crippen LogP) is 2.81. The first-order valence-electron chi connectivity index (χ1n) is 5.80. The molecule has 0 aromatic carbocycles. The Morgan fingerprint density at radius 2 is 2.00 bits per heavy atom. The van der Waals surface area contributed by atoms with E-state index in [9.17, 15) is 0 Å². The van der Waals surface area contributed by atoms with Crippen LogP contribution in [0.3, 0.4) is 0 Å². The highest BCUT2D eigenvalue weighted by molar-refractivity contribution is 5.08. The van der Waals surface area contributed by atoms with Crippen LogP contribution in [0.25, 0.3) is 0 Å². The second-order valence-electron chi connectivity index (χ2n) is 5.75. The van der Waals surface area contributed by atoms with Gasteiger partial charge in [0.05, 0.1) is 0 Å². The average molecular weight is 181 g/mol. The highest BCUT2D eigenvalue weighted by Gasteiger charge is 2.53. The van der Waals surface area contributed by atoms with Crippen molar-refractivity contribution in [3.8, 4) is 0 Å². The zero-order valence-electron chi connectivity index (χ0n) is 9.43. The molecule has 2 aliphatic carbocycles. The van der Waals surface area contributed by atoms with Crippen LogP contribution in [-0.4, -0.2) is 12.1 Å². The number of rotatable bonds is 3. The van der Waals surface area contributed by atoms with Gasteiger partial charge in [-0.25, -0.2) is 0 Å². The highest BCUT2D eigenvalue weighted by atomic mass is 15.0. The number of hydrogen-bond donors (Lipinski definition) is 1. The summed E-state index contributed by atoms with van der Waals surface area (Å²) in [4.78, 5) is 0. The van der Waals surface area contributed by atoms with Crippen molar-refractivity contribution in [2.45, 2.75) is 59.0 Å². The molecule has 0 amide bonds. The molecule has 2 fully saturated rings. The van der Waals surface area contributed by atoms with Crippen LogP contribution >= 0.6 is 0 Å². The standard InChI is InChI=1S/C12H23N/c1-8(2)12(4)7-11(12)13-10-6-5-9(10)3/h8-11,13H,5-7H2,1-4H3. The molecule has 0 spiro atoms. The first-order valence-corrected chi connectivity index (χ1v) is 5.80. The van der Waals surface area contributed by atoms with E-state index in [1.807, 2.05) is 0 Å². The summed E-state index contributed by atoms with van der Waals surface area (Å²) in [5.41, 5.74) is 0.606. The van der Waals surface area contributed by atoms with Gasteiger partial charge in [-0.2, -0.15) is 0 Å². The lowest BCUT2D eigenvalue weighted by atomic mass is 9.81. The Bertz CT molecular complexity index is 199. The Balaban J connectivity index is 1.80. The van der Waals surface area contributed by atoms with E-state index < -0.39 is 0 Å². The van der Waals surface area contributed by atoms with Crippen molar-refractivity contribution >= 4 is 0 Å². The van der Waals surface area contributed by atoms with Crippen LogP contribution in [0.5, 0.6) is 0 Å². The van der Waals surface area contributed by atoms with Crippen molar-refractivity contribution in [3.05, 3.63) is 0 Å². The lowest BCUT2D eigenvalue weighted by Gasteiger charge is -2.35. The fourth-order valence-corrected chi connectivity index (χ4v) is 2.44. The molecule has 0 aromatic heterocycles. The van der Waals surface area contributed by atoms with Crippen molar-refractivity contribution in [1.82, 2.24) is 5.32 Å². The van der Waals surface area contributed by atoms with E-state index in [1.165, 1.54) is 19.3 Å². The highest BCUT2D eigenvalue weighted by Crippen LogP contribution is 2.52. The van der Waals surface area contributed by atoms with Gasteiger partial charge in [-0.05, 0) is 36.5 Å². The summed E-state index contributed by atoms with van der Waals surface area (Å²) < 4.78 is 0. The van der Waals surface area contributed by atoms with Crippen LogP contribution < -0.4 is 5.32 Å². The molecule has 13 heavy (non-hydrogen) atoms. The van der Waals surface area contributed by atoms with Crippen molar-refractivity contribution in [1.29, 1.82) is 0 Å². The van der Waals surface area contributed by atoms with Crippen LogP contribution in [0.1, 0.15) is 47.0 Å². The molecule has 4 unspecified atom stereocenters. The normalized spacial score (nSPS) is 49.2. The van der Waals surface area contributed by atoms with Gasteiger partial charge < -0.3 is 5.32 Å². The zero-order valence-corrected chi connectivity index (χ0v) is 9.43. The van der Waals surface area contributed by atoms with E-state index in [-0.39, 0.29) is 0 Å². The summed E-state index contributed by atoms with van der Waals surface area (Å²) in [5, 5.41) is 3.81. The molecule has 2 saturated carbocycles. The van der Waals surface area contributed by atoms with Gasteiger partial charge in [0.1, 0.15) is 0 Å². The Hall–Kier alpha value is -0.0400. The fourth-order valence-electron chi connectivity index (χ4n) is 2.44. The van der Waals surface area contributed by atoms with Gasteiger partial charge in [0, 0.05) is 12.1 Å². The third kappa shape index (κ3) is 1.52. The first kappa shape index (κ1) is 9.51. The van der Waals surface area contributed by atoms with Gasteiger partial charge in [0.2, 0.25) is 0 Å². The average Bonchev–Trinajstić information content (AvgIpc) is 2.72. The van der Waals surface area contributed by atoms with Gasteiger partial charge >= 0.3 is 0 Å². The fraction of sp³-hybridized carbons (Fsp3) is 1.00. The first-order chi connectivity index (χ1) is 6.04. The van der Waals surface area contributed by atoms with E-state index in [1.54, 1.807) is 0 Å². The van der Waals surface area contributed by atoms with E-state index in [0.717, 1.165) is 23.9 Å². The maximum atomic E-state index is 3.81. The summed E-state index contributed by atoms with van der Waals surface area (Å²) >= 11 is 0. The van der Waals surface area contributed by atoms with Crippen molar-refractivity contribution in [2.24, 2.45) is 17.3 Å². The second kappa shape index (κ2) is 2.98. The van der Waals surface area contributed by atoms with E-state index >= 15 is 0 Å². The predicted molar refractivity (Wildman–Crippen MR) is 56.7 cm³/mol. The zero-order chi connectivity index (χ0) is 9.64. The molecule has 0 aromatic rings. The summed E-state index contributed by atoms with van der Waals surface area (Å²) in [5.74, 6) is 1.76. The minimum Gasteiger partial charge on any atom is -0.310 e. The minimum absolute atomic E-state index is 0.606. The molecule has 0 aliphatic heterocycles. The Morgan fingerprint density at radius 3 is 2.31 bits per heavy atom. The SMILES string of the molecule is CC1CCC1NC1CC1(C)C(C)C. The monoisotopic (exact) mass is 181 g/mol. The summed E-state index contributed by atoms with van der Waals surface area (Å²) in [6.45, 7) is 9.51. The molecule has 2 rings (SSSR count). The molecule has 0 radical (unpaired) electrons. The van der Waals surface area contributed by atoms with Gasteiger partial charge in [-0.3, -0.25) is 0 Å². The molecule has 1 N–H and O–H groups in total. The number of hydrogen-bond acceptors (Lipinski definition) is 1. The summed E-state index contributed by atoms with van der Waals surface area (Å²) in [7, 11) is 0. The lowest BCUT2D eigenvalue weighted by Crippen LogP contribution is -2.45. The molecule has 4 atom stereocenters. The maximum absolute atomic E-state index is 3.81. The van der Waals surface area contributed by atoms with Crippen LogP contribution in [-0.2, 0) is 0 Å². The van der Waals surface area contributed by atoms with Crippen molar-refractivity contribution < 1.29 is 0 Å². The van der Waals surface area contributed by atoms with E-state index in [0.29, 0.717) is 5.41 Å². The van der Waals surface area contributed by atoms with E-state index in [2.05, 4.69) is 33.0 Å². The van der Waals surface area contributed by atoms with Crippen LogP contribution in [0.4, 0.5) is 0 Å². The van der Waals surface area contributed by atoms with Gasteiger partial charge in [-0.1, -0.05) is 27.7 Å². The third-order valence-corrected chi connectivity index (χ3v) is 4.63. The van der Waals surface area contributed by atoms with Crippen LogP contribution in [0.2, 0.25) is 0 Å².